The van der Waals surface area contributed by atoms with Crippen LogP contribution in [0.5, 0.6) is 23.0 Å². The van der Waals surface area contributed by atoms with E-state index in [1.807, 2.05) is 24.3 Å². The molecule has 0 radical (unpaired) electrons. The number of thiazole rings is 1. The molecule has 1 heterocycles. The molecule has 0 spiro atoms. The van der Waals surface area contributed by atoms with Gasteiger partial charge in [0, 0.05) is 23.8 Å². The lowest BCUT2D eigenvalue weighted by atomic mass is 10.2. The first-order valence-corrected chi connectivity index (χ1v) is 24.7. The second kappa shape index (κ2) is 32.3. The first kappa shape index (κ1) is 56.2. The van der Waals surface area contributed by atoms with Crippen LogP contribution in [0.15, 0.2) is 134 Å². The van der Waals surface area contributed by atoms with Crippen molar-refractivity contribution in [2.75, 3.05) is 71.0 Å². The van der Waals surface area contributed by atoms with E-state index >= 15 is 0 Å². The van der Waals surface area contributed by atoms with Crippen LogP contribution in [0.3, 0.4) is 0 Å². The van der Waals surface area contributed by atoms with Crippen LogP contribution in [0.4, 0.5) is 5.13 Å². The summed E-state index contributed by atoms with van der Waals surface area (Å²) in [4.78, 5) is 65.5. The molecule has 386 valence electrons. The molecule has 0 fully saturated rings. The second-order valence-corrected chi connectivity index (χ2v) is 16.7. The first-order chi connectivity index (χ1) is 35.6. The highest BCUT2D eigenvalue weighted by Crippen LogP contribution is 2.30. The Morgan fingerprint density at radius 1 is 0.534 bits per heavy atom. The number of ether oxygens (including phenoxy) is 9. The minimum Gasteiger partial charge on any atom is -0.494 e. The molecule has 0 amide bonds. The van der Waals surface area contributed by atoms with Crippen LogP contribution in [-0.2, 0) is 38.1 Å². The number of hydrogen-bond donors (Lipinski definition) is 0. The fourth-order valence-electron chi connectivity index (χ4n) is 6.48. The number of esters is 5. The molecule has 5 aromatic rings. The topological polar surface area (TPSA) is 197 Å². The predicted octanol–water partition coefficient (Wildman–Crippen LogP) is 9.67. The highest BCUT2D eigenvalue weighted by Gasteiger charge is 2.17. The molecule has 5 rings (SSSR count). The molecular formula is C55H61N3O14S. The van der Waals surface area contributed by atoms with Gasteiger partial charge < -0.3 is 42.6 Å². The number of carbonyl (C=O) groups is 5. The molecule has 17 nitrogen and oxygen atoms in total. The number of hydrazone groups is 1. The summed E-state index contributed by atoms with van der Waals surface area (Å²) < 4.78 is 50.7. The lowest BCUT2D eigenvalue weighted by Crippen LogP contribution is -2.23. The van der Waals surface area contributed by atoms with Gasteiger partial charge >= 0.3 is 29.8 Å². The standard InChI is InChI=1S/C55H61N3O14S/c1-4-50(59)68-32-15-9-7-13-30-66-44-23-19-41(20-24-44)53(62)71-46-27-28-48(72-54(63)42-21-25-45(26-22-42)67-31-14-8-10-16-33-69-51(60)5-2)43(39-46)40-56-58(55-57-47-17-11-12-18-49(47)73-55)29-34-64-35-36-65-37-38-70-52(61)6-3/h4-6,11-12,17-28,39-40H,1-3,7-10,13-16,29-38H2/b56-40+. The number of carbonyl (C=O) groups excluding carboxylic acids is 5. The van der Waals surface area contributed by atoms with Crippen molar-refractivity contribution in [1.29, 1.82) is 0 Å². The highest BCUT2D eigenvalue weighted by molar-refractivity contribution is 7.22. The fraction of sp³-hybridized carbons (Fsp3) is 0.327. The van der Waals surface area contributed by atoms with E-state index in [-0.39, 0.29) is 62.2 Å². The molecule has 0 atom stereocenters. The van der Waals surface area contributed by atoms with Gasteiger partial charge in [-0.15, -0.1) is 0 Å². The minimum atomic E-state index is -0.644. The molecule has 0 unspecified atom stereocenters. The number of nitrogens with zero attached hydrogens (tertiary/aromatic N) is 3. The van der Waals surface area contributed by atoms with Crippen molar-refractivity contribution >= 4 is 62.7 Å². The van der Waals surface area contributed by atoms with Gasteiger partial charge in [-0.25, -0.2) is 34.0 Å². The Kier molecular flexibility index (Phi) is 24.9. The Morgan fingerprint density at radius 2 is 1.03 bits per heavy atom. The lowest BCUT2D eigenvalue weighted by Gasteiger charge is -2.16. The van der Waals surface area contributed by atoms with Gasteiger partial charge in [0.05, 0.1) is 87.0 Å². The first-order valence-electron chi connectivity index (χ1n) is 23.9. The number of para-hydroxylation sites is 1. The van der Waals surface area contributed by atoms with Gasteiger partial charge in [0.25, 0.3) is 0 Å². The summed E-state index contributed by atoms with van der Waals surface area (Å²) in [6.07, 6.45) is 11.5. The molecule has 0 saturated carbocycles. The van der Waals surface area contributed by atoms with Crippen LogP contribution in [0.1, 0.15) is 77.6 Å². The zero-order valence-electron chi connectivity index (χ0n) is 40.8. The average Bonchev–Trinajstić information content (AvgIpc) is 3.85. The van der Waals surface area contributed by atoms with E-state index in [1.165, 1.54) is 29.7 Å². The number of unbranched alkanes of at least 4 members (excludes halogenated alkanes) is 6. The lowest BCUT2D eigenvalue weighted by molar-refractivity contribution is -0.139. The quantitative estimate of drug-likeness (QED) is 0.00706. The van der Waals surface area contributed by atoms with Crippen LogP contribution >= 0.6 is 11.3 Å². The van der Waals surface area contributed by atoms with E-state index in [0.29, 0.717) is 48.6 Å². The molecule has 4 aromatic carbocycles. The number of fused-ring (bicyclic) bond motifs is 1. The molecule has 0 bridgehead atoms. The van der Waals surface area contributed by atoms with Gasteiger partial charge in [-0.3, -0.25) is 0 Å². The number of benzene rings is 4. The van der Waals surface area contributed by atoms with E-state index in [1.54, 1.807) is 59.6 Å². The maximum atomic E-state index is 13.6. The molecule has 0 saturated heterocycles. The molecule has 18 heteroatoms. The average molecular weight is 1020 g/mol. The van der Waals surface area contributed by atoms with E-state index in [4.69, 9.17) is 52.7 Å². The Labute approximate surface area is 428 Å². The predicted molar refractivity (Wildman–Crippen MR) is 277 cm³/mol. The summed E-state index contributed by atoms with van der Waals surface area (Å²) in [6.45, 7) is 13.1. The van der Waals surface area contributed by atoms with Crippen LogP contribution in [0.2, 0.25) is 0 Å². The van der Waals surface area contributed by atoms with Crippen molar-refractivity contribution in [3.8, 4) is 23.0 Å². The Balaban J connectivity index is 1.25. The number of aromatic nitrogens is 1. The summed E-state index contributed by atoms with van der Waals surface area (Å²) in [6, 6.07) is 25.5. The van der Waals surface area contributed by atoms with Gasteiger partial charge in [-0.1, -0.05) is 43.2 Å². The third-order valence-electron chi connectivity index (χ3n) is 10.3. The van der Waals surface area contributed by atoms with Gasteiger partial charge in [0.15, 0.2) is 0 Å². The number of rotatable bonds is 35. The van der Waals surface area contributed by atoms with E-state index in [2.05, 4.69) is 19.7 Å². The van der Waals surface area contributed by atoms with Crippen molar-refractivity contribution in [3.05, 3.63) is 146 Å². The largest absolute Gasteiger partial charge is 0.494 e. The highest BCUT2D eigenvalue weighted by atomic mass is 32.1. The Hall–Kier alpha value is -7.67. The van der Waals surface area contributed by atoms with Gasteiger partial charge in [0.2, 0.25) is 5.13 Å². The number of anilines is 1. The van der Waals surface area contributed by atoms with E-state index < -0.39 is 29.8 Å². The van der Waals surface area contributed by atoms with E-state index in [0.717, 1.165) is 79.8 Å². The summed E-state index contributed by atoms with van der Waals surface area (Å²) in [5.74, 6) is -1.16. The molecule has 0 N–H and O–H groups in total. The van der Waals surface area contributed by atoms with Crippen molar-refractivity contribution in [1.82, 2.24) is 4.98 Å². The molecule has 0 aliphatic carbocycles. The number of hydrogen-bond acceptors (Lipinski definition) is 18. The van der Waals surface area contributed by atoms with Crippen LogP contribution in [0, 0.1) is 0 Å². The van der Waals surface area contributed by atoms with Crippen molar-refractivity contribution in [2.24, 2.45) is 5.10 Å². The Morgan fingerprint density at radius 3 is 1.59 bits per heavy atom. The van der Waals surface area contributed by atoms with Crippen LogP contribution in [-0.4, -0.2) is 107 Å². The maximum Gasteiger partial charge on any atom is 0.343 e. The monoisotopic (exact) mass is 1020 g/mol. The normalized spacial score (nSPS) is 10.8. The summed E-state index contributed by atoms with van der Waals surface area (Å²) in [5.41, 5.74) is 1.65. The summed E-state index contributed by atoms with van der Waals surface area (Å²) >= 11 is 1.43. The molecule has 0 aliphatic rings. The molecule has 73 heavy (non-hydrogen) atoms. The van der Waals surface area contributed by atoms with Crippen LogP contribution < -0.4 is 24.0 Å². The second-order valence-electron chi connectivity index (χ2n) is 15.7. The molecule has 0 aliphatic heterocycles. The SMILES string of the molecule is C=CC(=O)OCCCCCCOc1ccc(C(=O)Oc2ccc(OC(=O)c3ccc(OCCCCCCOC(=O)C=C)cc3)c(/C=N/N(CCOCCOCCOC(=O)C=C)c3nc4ccccc4s3)c2)cc1. The zero-order chi connectivity index (χ0) is 51.9. The fourth-order valence-corrected chi connectivity index (χ4v) is 7.43. The van der Waals surface area contributed by atoms with Crippen LogP contribution in [0.25, 0.3) is 10.2 Å². The van der Waals surface area contributed by atoms with Crippen molar-refractivity contribution in [2.45, 2.75) is 51.4 Å². The Bertz CT molecular complexity index is 2560. The van der Waals surface area contributed by atoms with Gasteiger partial charge in [-0.05, 0) is 130 Å². The summed E-state index contributed by atoms with van der Waals surface area (Å²) in [5, 5.41) is 7.03. The van der Waals surface area contributed by atoms with Gasteiger partial charge in [-0.2, -0.15) is 5.10 Å². The third-order valence-corrected chi connectivity index (χ3v) is 11.4. The maximum absolute atomic E-state index is 13.6. The third kappa shape index (κ3) is 20.9. The van der Waals surface area contributed by atoms with Gasteiger partial charge in [0.1, 0.15) is 29.6 Å². The van der Waals surface area contributed by atoms with Crippen molar-refractivity contribution in [3.63, 3.8) is 0 Å². The van der Waals surface area contributed by atoms with Crippen molar-refractivity contribution < 1.29 is 66.6 Å². The zero-order valence-corrected chi connectivity index (χ0v) is 41.6. The van der Waals surface area contributed by atoms with E-state index in [9.17, 15) is 24.0 Å². The molecule has 1 aromatic heterocycles. The smallest absolute Gasteiger partial charge is 0.343 e. The molecular weight excluding hydrogens is 959 g/mol. The summed E-state index contributed by atoms with van der Waals surface area (Å²) in [7, 11) is 0. The minimum absolute atomic E-state index is 0.0947.